The van der Waals surface area contributed by atoms with Crippen molar-refractivity contribution in [1.29, 1.82) is 0 Å². The van der Waals surface area contributed by atoms with Crippen LogP contribution in [-0.2, 0) is 11.5 Å². The average molecular weight is 354 g/mol. The van der Waals surface area contributed by atoms with Gasteiger partial charge in [0.1, 0.15) is 5.75 Å². The van der Waals surface area contributed by atoms with Crippen molar-refractivity contribution in [2.24, 2.45) is 0 Å². The predicted molar refractivity (Wildman–Crippen MR) is 55.1 cm³/mol. The molecule has 1 heterocycles. The lowest BCUT2D eigenvalue weighted by molar-refractivity contribution is -0.276. The number of methoxy groups -OCH3 is 1. The van der Waals surface area contributed by atoms with Gasteiger partial charge in [0.15, 0.2) is 5.69 Å². The topological polar surface area (TPSA) is 31.4 Å². The van der Waals surface area contributed by atoms with E-state index in [2.05, 4.69) is 30.4 Å². The molecule has 0 aliphatic heterocycles. The molecule has 0 spiro atoms. The molecule has 1 aromatic heterocycles. The van der Waals surface area contributed by atoms with Crippen LogP contribution < -0.4 is 9.47 Å². The van der Waals surface area contributed by atoms with Crippen LogP contribution >= 0.6 is 15.9 Å². The van der Waals surface area contributed by atoms with Crippen molar-refractivity contribution in [3.05, 3.63) is 17.3 Å². The maximum absolute atomic E-state index is 12.7. The van der Waals surface area contributed by atoms with E-state index >= 15 is 0 Å². The summed E-state index contributed by atoms with van der Waals surface area (Å²) >= 11 is 2.80. The van der Waals surface area contributed by atoms with Gasteiger partial charge in [-0.3, -0.25) is 0 Å². The van der Waals surface area contributed by atoms with Crippen molar-refractivity contribution in [1.82, 2.24) is 4.98 Å². The number of rotatable bonds is 3. The third-order valence-electron chi connectivity index (χ3n) is 1.90. The van der Waals surface area contributed by atoms with E-state index in [1.165, 1.54) is 0 Å². The lowest BCUT2D eigenvalue weighted by atomic mass is 10.2. The Hall–Kier alpha value is -1.19. The summed E-state index contributed by atoms with van der Waals surface area (Å²) in [5.74, 6) is -1.64. The van der Waals surface area contributed by atoms with Crippen LogP contribution in [0, 0.1) is 0 Å². The largest absolute Gasteiger partial charge is 0.574 e. The minimum atomic E-state index is -5.14. The van der Waals surface area contributed by atoms with Crippen molar-refractivity contribution >= 4 is 15.9 Å². The average Bonchev–Trinajstić information content (AvgIpc) is 2.24. The number of ether oxygens (including phenoxy) is 2. The molecule has 3 nitrogen and oxygen atoms in total. The van der Waals surface area contributed by atoms with E-state index in [1.807, 2.05) is 0 Å². The van der Waals surface area contributed by atoms with Gasteiger partial charge in [0.05, 0.1) is 7.11 Å². The van der Waals surface area contributed by atoms with Gasteiger partial charge in [-0.2, -0.15) is 13.2 Å². The molecule has 0 aliphatic carbocycles. The lowest BCUT2D eigenvalue weighted by Crippen LogP contribution is -2.20. The first kappa shape index (κ1) is 15.9. The molecule has 0 atom stereocenters. The Bertz CT molecular complexity index is 459. The number of hydrogen-bond acceptors (Lipinski definition) is 3. The number of halogens is 7. The summed E-state index contributed by atoms with van der Waals surface area (Å²) in [6.45, 7) is 0. The van der Waals surface area contributed by atoms with Crippen LogP contribution in [0.2, 0.25) is 0 Å². The van der Waals surface area contributed by atoms with Gasteiger partial charge in [-0.15, -0.1) is 13.2 Å². The monoisotopic (exact) mass is 353 g/mol. The second-order valence-electron chi connectivity index (χ2n) is 3.17. The van der Waals surface area contributed by atoms with Crippen LogP contribution in [0.3, 0.4) is 0 Å². The predicted octanol–water partition coefficient (Wildman–Crippen LogP) is 3.90. The molecule has 0 aliphatic rings. The second-order valence-corrected chi connectivity index (χ2v) is 3.73. The number of hydrogen-bond donors (Lipinski definition) is 0. The maximum Gasteiger partial charge on any atom is 0.574 e. The van der Waals surface area contributed by atoms with E-state index in [1.54, 1.807) is 0 Å². The molecule has 1 rings (SSSR count). The van der Waals surface area contributed by atoms with Crippen LogP contribution in [0.4, 0.5) is 26.3 Å². The molecule has 0 aromatic carbocycles. The summed E-state index contributed by atoms with van der Waals surface area (Å²) in [7, 11) is 1.03. The van der Waals surface area contributed by atoms with Gasteiger partial charge in [0.25, 0.3) is 0 Å². The first-order valence-corrected chi connectivity index (χ1v) is 5.67. The molecule has 108 valence electrons. The van der Waals surface area contributed by atoms with Crippen LogP contribution in [0.5, 0.6) is 11.6 Å². The van der Waals surface area contributed by atoms with Crippen molar-refractivity contribution in [2.45, 2.75) is 17.9 Å². The number of nitrogens with zero attached hydrogens (tertiary/aromatic N) is 1. The Morgan fingerprint density at radius 1 is 1.21 bits per heavy atom. The lowest BCUT2D eigenvalue weighted by Gasteiger charge is -2.16. The van der Waals surface area contributed by atoms with Crippen LogP contribution in [0.1, 0.15) is 11.3 Å². The summed E-state index contributed by atoms with van der Waals surface area (Å²) in [6.07, 6.45) is -10.1. The molecule has 0 N–H and O–H groups in total. The molecule has 0 saturated carbocycles. The van der Waals surface area contributed by atoms with E-state index in [0.717, 1.165) is 7.11 Å². The SMILES string of the molecule is COc1cc(OC(F)(F)F)nc(C(F)(F)F)c1CBr. The summed E-state index contributed by atoms with van der Waals surface area (Å²) in [6, 6.07) is 0.638. The smallest absolute Gasteiger partial charge is 0.496 e. The van der Waals surface area contributed by atoms with Gasteiger partial charge in [0.2, 0.25) is 5.88 Å². The zero-order chi connectivity index (χ0) is 14.8. The molecular formula is C9H6BrF6NO2. The molecule has 0 saturated heterocycles. The zero-order valence-electron chi connectivity index (χ0n) is 9.19. The highest BCUT2D eigenvalue weighted by atomic mass is 79.9. The van der Waals surface area contributed by atoms with Crippen LogP contribution in [0.15, 0.2) is 6.07 Å². The quantitative estimate of drug-likeness (QED) is 0.610. The molecule has 19 heavy (non-hydrogen) atoms. The first-order chi connectivity index (χ1) is 8.58. The Balaban J connectivity index is 3.39. The van der Waals surface area contributed by atoms with Crippen molar-refractivity contribution in [3.8, 4) is 11.6 Å². The summed E-state index contributed by atoms with van der Waals surface area (Å²) < 4.78 is 82.0. The Labute approximate surface area is 111 Å². The van der Waals surface area contributed by atoms with E-state index in [-0.39, 0.29) is 5.33 Å². The van der Waals surface area contributed by atoms with Crippen LogP contribution in [-0.4, -0.2) is 18.5 Å². The summed E-state index contributed by atoms with van der Waals surface area (Å²) in [5, 5.41) is -0.287. The van der Waals surface area contributed by atoms with Gasteiger partial charge in [-0.25, -0.2) is 4.98 Å². The maximum atomic E-state index is 12.7. The highest BCUT2D eigenvalue weighted by Crippen LogP contribution is 2.38. The molecule has 10 heteroatoms. The highest BCUT2D eigenvalue weighted by molar-refractivity contribution is 9.08. The van der Waals surface area contributed by atoms with Gasteiger partial charge in [0, 0.05) is 17.0 Å². The van der Waals surface area contributed by atoms with Crippen molar-refractivity contribution in [3.63, 3.8) is 0 Å². The van der Waals surface area contributed by atoms with Gasteiger partial charge >= 0.3 is 12.5 Å². The zero-order valence-corrected chi connectivity index (χ0v) is 10.8. The second kappa shape index (κ2) is 5.43. The molecule has 1 aromatic rings. The number of aromatic nitrogens is 1. The Kier molecular flexibility index (Phi) is 4.54. The molecular weight excluding hydrogens is 348 g/mol. The molecule has 0 unspecified atom stereocenters. The third-order valence-corrected chi connectivity index (χ3v) is 2.46. The fourth-order valence-electron chi connectivity index (χ4n) is 1.24. The molecule has 0 bridgehead atoms. The fourth-order valence-corrected chi connectivity index (χ4v) is 1.78. The summed E-state index contributed by atoms with van der Waals surface area (Å²) in [5.41, 5.74) is -1.91. The van der Waals surface area contributed by atoms with E-state index < -0.39 is 35.4 Å². The minimum Gasteiger partial charge on any atom is -0.496 e. The first-order valence-electron chi connectivity index (χ1n) is 4.55. The normalized spacial score (nSPS) is 12.4. The van der Waals surface area contributed by atoms with E-state index in [0.29, 0.717) is 6.07 Å². The van der Waals surface area contributed by atoms with E-state index in [4.69, 9.17) is 0 Å². The number of pyridine rings is 1. The fraction of sp³-hybridized carbons (Fsp3) is 0.444. The van der Waals surface area contributed by atoms with Gasteiger partial charge < -0.3 is 9.47 Å². The standard InChI is InChI=1S/C9H6BrF6NO2/c1-18-5-2-6(19-9(14,15)16)17-7(4(5)3-10)8(11,12)13/h2H,3H2,1H3. The third kappa shape index (κ3) is 4.15. The highest BCUT2D eigenvalue weighted by Gasteiger charge is 2.39. The molecule has 0 amide bonds. The minimum absolute atomic E-state index is 0.287. The van der Waals surface area contributed by atoms with Gasteiger partial charge in [-0.05, 0) is 0 Å². The molecule has 0 fully saturated rings. The Morgan fingerprint density at radius 2 is 1.79 bits per heavy atom. The van der Waals surface area contributed by atoms with Crippen LogP contribution in [0.25, 0.3) is 0 Å². The Morgan fingerprint density at radius 3 is 2.16 bits per heavy atom. The molecule has 0 radical (unpaired) electrons. The number of alkyl halides is 7. The van der Waals surface area contributed by atoms with Crippen molar-refractivity contribution < 1.29 is 35.8 Å². The van der Waals surface area contributed by atoms with Gasteiger partial charge in [-0.1, -0.05) is 15.9 Å². The van der Waals surface area contributed by atoms with E-state index in [9.17, 15) is 26.3 Å². The summed E-state index contributed by atoms with van der Waals surface area (Å²) in [4.78, 5) is 2.83. The van der Waals surface area contributed by atoms with Crippen molar-refractivity contribution in [2.75, 3.05) is 7.11 Å².